The third-order valence-electron chi connectivity index (χ3n) is 4.72. The first-order chi connectivity index (χ1) is 13.7. The summed E-state index contributed by atoms with van der Waals surface area (Å²) in [6.45, 7) is 1.56. The van der Waals surface area contributed by atoms with E-state index in [1.165, 1.54) is 12.1 Å². The van der Waals surface area contributed by atoms with Gasteiger partial charge in [-0.1, -0.05) is 12.1 Å². The van der Waals surface area contributed by atoms with Gasteiger partial charge in [-0.3, -0.25) is 5.32 Å². The molecule has 0 bridgehead atoms. The van der Waals surface area contributed by atoms with Crippen LogP contribution in [0, 0.1) is 5.82 Å². The maximum atomic E-state index is 13.4. The van der Waals surface area contributed by atoms with Crippen LogP contribution in [-0.4, -0.2) is 29.9 Å². The summed E-state index contributed by atoms with van der Waals surface area (Å²) < 4.78 is 32.2. The molecule has 1 unspecified atom stereocenters. The van der Waals surface area contributed by atoms with Crippen molar-refractivity contribution in [1.29, 1.82) is 0 Å². The van der Waals surface area contributed by atoms with Crippen LogP contribution in [0.1, 0.15) is 23.0 Å². The van der Waals surface area contributed by atoms with Crippen LogP contribution in [0.25, 0.3) is 0 Å². The fraction of sp³-hybridized carbons (Fsp3) is 0.286. The predicted molar refractivity (Wildman–Crippen MR) is 102 cm³/mol. The summed E-state index contributed by atoms with van der Waals surface area (Å²) in [6, 6.07) is 10.1. The Morgan fingerprint density at radius 2 is 2.00 bits per heavy atom. The van der Waals surface area contributed by atoms with E-state index in [0.717, 1.165) is 17.0 Å². The number of hydrogen-bond acceptors (Lipinski definition) is 5. The maximum Gasteiger partial charge on any atom is 0.203 e. The minimum Gasteiger partial charge on any atom is -0.493 e. The van der Waals surface area contributed by atoms with Gasteiger partial charge < -0.3 is 18.8 Å². The Morgan fingerprint density at radius 1 is 1.21 bits per heavy atom. The van der Waals surface area contributed by atoms with E-state index in [9.17, 15) is 4.39 Å². The highest BCUT2D eigenvalue weighted by Gasteiger charge is 2.21. The molecule has 7 heteroatoms. The molecule has 28 heavy (non-hydrogen) atoms. The summed E-state index contributed by atoms with van der Waals surface area (Å²) in [6.07, 6.45) is 3.64. The molecule has 0 radical (unpaired) electrons. The van der Waals surface area contributed by atoms with Crippen molar-refractivity contribution in [3.63, 3.8) is 0 Å². The average Bonchev–Trinajstić information content (AvgIpc) is 3.14. The van der Waals surface area contributed by atoms with Gasteiger partial charge in [0.2, 0.25) is 5.75 Å². The van der Waals surface area contributed by atoms with Gasteiger partial charge in [-0.2, -0.15) is 0 Å². The van der Waals surface area contributed by atoms with E-state index in [1.807, 2.05) is 29.9 Å². The van der Waals surface area contributed by atoms with Crippen LogP contribution in [0.5, 0.6) is 17.2 Å². The highest BCUT2D eigenvalue weighted by molar-refractivity contribution is 5.54. The summed E-state index contributed by atoms with van der Waals surface area (Å²) in [5.41, 5.74) is 1.92. The molecule has 0 saturated carbocycles. The summed E-state index contributed by atoms with van der Waals surface area (Å²) in [5, 5.41) is 3.52. The van der Waals surface area contributed by atoms with Crippen LogP contribution in [0.15, 0.2) is 48.8 Å². The Balaban J connectivity index is 1.61. The van der Waals surface area contributed by atoms with Crippen molar-refractivity contribution in [2.24, 2.45) is 7.05 Å². The second-order valence-electron chi connectivity index (χ2n) is 6.58. The lowest BCUT2D eigenvalue weighted by molar-refractivity contribution is 0.165. The zero-order valence-electron chi connectivity index (χ0n) is 15.8. The standard InChI is InChI=1S/C21H22FN3O3/c1-25-8-7-23-21(25)19(15-3-5-16(22)6-4-15)24-13-14-11-17(26-2)20-18(12-14)27-9-10-28-20/h3-8,11-12,19,24H,9-10,13H2,1-2H3. The number of fused-ring (bicyclic) bond motifs is 1. The number of methoxy groups -OCH3 is 1. The molecule has 146 valence electrons. The van der Waals surface area contributed by atoms with Crippen LogP contribution >= 0.6 is 0 Å². The van der Waals surface area contributed by atoms with Crippen molar-refractivity contribution in [2.45, 2.75) is 12.6 Å². The van der Waals surface area contributed by atoms with Gasteiger partial charge in [0.15, 0.2) is 11.5 Å². The molecule has 3 aromatic rings. The first kappa shape index (κ1) is 18.3. The predicted octanol–water partition coefficient (Wildman–Crippen LogP) is 3.22. The van der Waals surface area contributed by atoms with Gasteiger partial charge in [-0.25, -0.2) is 9.37 Å². The van der Waals surface area contributed by atoms with E-state index in [4.69, 9.17) is 14.2 Å². The molecule has 6 nitrogen and oxygen atoms in total. The monoisotopic (exact) mass is 383 g/mol. The molecular formula is C21H22FN3O3. The number of rotatable bonds is 6. The number of ether oxygens (including phenoxy) is 3. The molecule has 4 rings (SSSR count). The van der Waals surface area contributed by atoms with Gasteiger partial charge >= 0.3 is 0 Å². The molecule has 0 aliphatic carbocycles. The summed E-state index contributed by atoms with van der Waals surface area (Å²) in [4.78, 5) is 4.47. The lowest BCUT2D eigenvalue weighted by atomic mass is 10.1. The van der Waals surface area contributed by atoms with Gasteiger partial charge in [-0.05, 0) is 35.4 Å². The van der Waals surface area contributed by atoms with E-state index in [1.54, 1.807) is 25.4 Å². The number of benzene rings is 2. The number of halogens is 1. The lowest BCUT2D eigenvalue weighted by Gasteiger charge is -2.23. The molecule has 0 fully saturated rings. The lowest BCUT2D eigenvalue weighted by Crippen LogP contribution is -2.25. The number of nitrogens with zero attached hydrogens (tertiary/aromatic N) is 2. The van der Waals surface area contributed by atoms with Gasteiger partial charge in [0.1, 0.15) is 24.9 Å². The van der Waals surface area contributed by atoms with E-state index >= 15 is 0 Å². The van der Waals surface area contributed by atoms with Gasteiger partial charge in [0, 0.05) is 26.0 Å². The van der Waals surface area contributed by atoms with Crippen molar-refractivity contribution in [1.82, 2.24) is 14.9 Å². The highest BCUT2D eigenvalue weighted by Crippen LogP contribution is 2.40. The second kappa shape index (κ2) is 7.90. The highest BCUT2D eigenvalue weighted by atomic mass is 19.1. The molecule has 1 aliphatic heterocycles. The first-order valence-corrected chi connectivity index (χ1v) is 9.08. The molecule has 1 aliphatic rings. The Bertz CT molecular complexity index is 939. The topological polar surface area (TPSA) is 57.5 Å². The molecule has 0 saturated heterocycles. The fourth-order valence-corrected chi connectivity index (χ4v) is 3.32. The summed E-state index contributed by atoms with van der Waals surface area (Å²) in [7, 11) is 3.55. The number of aryl methyl sites for hydroxylation is 1. The van der Waals surface area contributed by atoms with Crippen molar-refractivity contribution < 1.29 is 18.6 Å². The SMILES string of the molecule is COc1cc(CNC(c2ccc(F)cc2)c2nccn2C)cc2c1OCCO2. The zero-order chi connectivity index (χ0) is 19.5. The first-order valence-electron chi connectivity index (χ1n) is 9.08. The molecule has 0 amide bonds. The molecule has 0 spiro atoms. The number of hydrogen-bond donors (Lipinski definition) is 1. The molecule has 2 aromatic carbocycles. The van der Waals surface area contributed by atoms with Gasteiger partial charge in [0.05, 0.1) is 13.2 Å². The quantitative estimate of drug-likeness (QED) is 0.708. The van der Waals surface area contributed by atoms with Crippen LogP contribution in [0.2, 0.25) is 0 Å². The van der Waals surface area contributed by atoms with E-state index in [2.05, 4.69) is 10.3 Å². The molecule has 2 heterocycles. The van der Waals surface area contributed by atoms with E-state index < -0.39 is 0 Å². The average molecular weight is 383 g/mol. The normalized spacial score (nSPS) is 14.0. The zero-order valence-corrected chi connectivity index (χ0v) is 15.8. The van der Waals surface area contributed by atoms with Crippen molar-refractivity contribution >= 4 is 0 Å². The molecule has 1 atom stereocenters. The van der Waals surface area contributed by atoms with Gasteiger partial charge in [0.25, 0.3) is 0 Å². The smallest absolute Gasteiger partial charge is 0.203 e. The second-order valence-corrected chi connectivity index (χ2v) is 6.58. The molecule has 1 aromatic heterocycles. The Labute approximate surface area is 162 Å². The summed E-state index contributed by atoms with van der Waals surface area (Å²) in [5.74, 6) is 2.54. The fourth-order valence-electron chi connectivity index (χ4n) is 3.32. The van der Waals surface area contributed by atoms with Crippen molar-refractivity contribution in [2.75, 3.05) is 20.3 Å². The van der Waals surface area contributed by atoms with Crippen LogP contribution in [0.4, 0.5) is 4.39 Å². The van der Waals surface area contributed by atoms with Crippen molar-refractivity contribution in [3.8, 4) is 17.2 Å². The van der Waals surface area contributed by atoms with Crippen LogP contribution in [-0.2, 0) is 13.6 Å². The maximum absolute atomic E-state index is 13.4. The summed E-state index contributed by atoms with van der Waals surface area (Å²) >= 11 is 0. The number of aromatic nitrogens is 2. The third-order valence-corrected chi connectivity index (χ3v) is 4.72. The largest absolute Gasteiger partial charge is 0.493 e. The Morgan fingerprint density at radius 3 is 2.71 bits per heavy atom. The third kappa shape index (κ3) is 3.66. The van der Waals surface area contributed by atoms with Crippen LogP contribution < -0.4 is 19.5 Å². The number of nitrogens with one attached hydrogen (secondary N) is 1. The molecular weight excluding hydrogens is 361 g/mol. The minimum atomic E-state index is -0.265. The minimum absolute atomic E-state index is 0.195. The Hall–Kier alpha value is -3.06. The number of imidazole rings is 1. The van der Waals surface area contributed by atoms with Gasteiger partial charge in [-0.15, -0.1) is 0 Å². The van der Waals surface area contributed by atoms with E-state index in [0.29, 0.717) is 37.0 Å². The Kier molecular flexibility index (Phi) is 5.16. The van der Waals surface area contributed by atoms with Crippen LogP contribution in [0.3, 0.4) is 0 Å². The van der Waals surface area contributed by atoms with E-state index in [-0.39, 0.29) is 11.9 Å². The molecule has 1 N–H and O–H groups in total. The van der Waals surface area contributed by atoms with Crippen molar-refractivity contribution in [3.05, 3.63) is 71.6 Å².